The van der Waals surface area contributed by atoms with Gasteiger partial charge in [0.15, 0.2) is 5.75 Å². The van der Waals surface area contributed by atoms with Crippen molar-refractivity contribution in [1.29, 1.82) is 0 Å². The van der Waals surface area contributed by atoms with Gasteiger partial charge in [0.05, 0.1) is 16.8 Å². The predicted octanol–water partition coefficient (Wildman–Crippen LogP) is 11.3. The van der Waals surface area contributed by atoms with E-state index >= 15 is 0 Å². The molecule has 2 nitrogen and oxygen atoms in total. The molecule has 7 aromatic rings. The Hall–Kier alpha value is -5.34. The molecular weight excluding hydrogens is 522 g/mol. The maximum atomic E-state index is 6.92. The van der Waals surface area contributed by atoms with Crippen LogP contribution in [0.5, 0.6) is 5.75 Å². The van der Waals surface area contributed by atoms with Gasteiger partial charge in [0.1, 0.15) is 5.76 Å². The maximum Gasteiger partial charge on any atom is 0.155 e. The zero-order chi connectivity index (χ0) is 28.5. The van der Waals surface area contributed by atoms with Crippen molar-refractivity contribution in [2.75, 3.05) is 4.90 Å². The summed E-state index contributed by atoms with van der Waals surface area (Å²) in [6.07, 6.45) is 7.45. The molecule has 2 aliphatic rings. The lowest BCUT2D eigenvalue weighted by Crippen LogP contribution is -2.22. The minimum atomic E-state index is -0.219. The van der Waals surface area contributed by atoms with Gasteiger partial charge in [0.25, 0.3) is 0 Å². The zero-order valence-electron chi connectivity index (χ0n) is 23.9. The fourth-order valence-corrected chi connectivity index (χ4v) is 7.38. The summed E-state index contributed by atoms with van der Waals surface area (Å²) in [5.74, 6) is 1.96. The molecule has 43 heavy (non-hydrogen) atoms. The van der Waals surface area contributed by atoms with Crippen LogP contribution in [0.25, 0.3) is 43.1 Å². The first-order chi connectivity index (χ1) is 21.2. The molecule has 0 fully saturated rings. The third-order valence-corrected chi connectivity index (χ3v) is 9.42. The molecule has 0 aromatic heterocycles. The molecule has 0 bridgehead atoms. The van der Waals surface area contributed by atoms with Crippen LogP contribution in [0.1, 0.15) is 18.9 Å². The summed E-state index contributed by atoms with van der Waals surface area (Å²) >= 11 is 0. The Morgan fingerprint density at radius 1 is 0.605 bits per heavy atom. The van der Waals surface area contributed by atoms with Gasteiger partial charge in [-0.3, -0.25) is 0 Å². The first kappa shape index (κ1) is 24.3. The number of para-hydroxylation sites is 1. The van der Waals surface area contributed by atoms with Crippen molar-refractivity contribution in [1.82, 2.24) is 0 Å². The Morgan fingerprint density at radius 3 is 2.12 bits per heavy atom. The molecule has 0 radical (unpaired) electrons. The SMILES string of the molecule is CC12CC=CC=C1Oc1c(N(c3ccccc3)c3cccc4ccc5ccc6ccccc6c5c34)cc3ccccc3c12. The van der Waals surface area contributed by atoms with Crippen LogP contribution >= 0.6 is 0 Å². The van der Waals surface area contributed by atoms with Gasteiger partial charge in [-0.25, -0.2) is 0 Å². The molecule has 204 valence electrons. The molecule has 0 N–H and O–H groups in total. The highest BCUT2D eigenvalue weighted by molar-refractivity contribution is 6.24. The third-order valence-electron chi connectivity index (χ3n) is 9.42. The summed E-state index contributed by atoms with van der Waals surface area (Å²) in [5, 5.41) is 9.95. The number of hydrogen-bond acceptors (Lipinski definition) is 2. The first-order valence-electron chi connectivity index (χ1n) is 15.0. The van der Waals surface area contributed by atoms with Gasteiger partial charge in [0.2, 0.25) is 0 Å². The molecule has 7 aromatic carbocycles. The average molecular weight is 552 g/mol. The quantitative estimate of drug-likeness (QED) is 0.203. The number of allylic oxidation sites excluding steroid dienone is 4. The van der Waals surface area contributed by atoms with Crippen LogP contribution in [0.4, 0.5) is 17.1 Å². The molecule has 1 aliphatic heterocycles. The van der Waals surface area contributed by atoms with Crippen LogP contribution in [-0.2, 0) is 5.41 Å². The van der Waals surface area contributed by atoms with E-state index in [9.17, 15) is 0 Å². The van der Waals surface area contributed by atoms with Crippen LogP contribution in [0.3, 0.4) is 0 Å². The highest BCUT2D eigenvalue weighted by Gasteiger charge is 2.45. The van der Waals surface area contributed by atoms with Crippen molar-refractivity contribution in [3.8, 4) is 5.75 Å². The second kappa shape index (κ2) is 9.08. The molecule has 0 saturated carbocycles. The number of benzene rings is 7. The molecule has 1 aliphatic carbocycles. The van der Waals surface area contributed by atoms with Gasteiger partial charge in [-0.05, 0) is 81.4 Å². The van der Waals surface area contributed by atoms with Crippen molar-refractivity contribution < 1.29 is 4.74 Å². The van der Waals surface area contributed by atoms with E-state index in [2.05, 4.69) is 157 Å². The summed E-state index contributed by atoms with van der Waals surface area (Å²) < 4.78 is 6.92. The minimum absolute atomic E-state index is 0.219. The van der Waals surface area contributed by atoms with Crippen molar-refractivity contribution in [2.24, 2.45) is 0 Å². The van der Waals surface area contributed by atoms with Crippen LogP contribution in [0.2, 0.25) is 0 Å². The van der Waals surface area contributed by atoms with Crippen LogP contribution in [-0.4, -0.2) is 0 Å². The smallest absolute Gasteiger partial charge is 0.155 e. The lowest BCUT2D eigenvalue weighted by molar-refractivity contribution is 0.378. The Kier molecular flexibility index (Phi) is 5.13. The van der Waals surface area contributed by atoms with E-state index in [4.69, 9.17) is 4.74 Å². The normalized spacial score (nSPS) is 17.2. The van der Waals surface area contributed by atoms with Crippen molar-refractivity contribution in [2.45, 2.75) is 18.8 Å². The Morgan fingerprint density at radius 2 is 1.28 bits per heavy atom. The Balaban J connectivity index is 1.44. The lowest BCUT2D eigenvalue weighted by atomic mass is 9.75. The minimum Gasteiger partial charge on any atom is -0.458 e. The fraction of sp³-hybridized carbons (Fsp3) is 0.0732. The van der Waals surface area contributed by atoms with Crippen molar-refractivity contribution in [3.05, 3.63) is 157 Å². The second-order valence-electron chi connectivity index (χ2n) is 11.9. The number of anilines is 3. The number of ether oxygens (including phenoxy) is 1. The summed E-state index contributed by atoms with van der Waals surface area (Å²) in [6.45, 7) is 2.33. The molecule has 2 heteroatoms. The zero-order valence-corrected chi connectivity index (χ0v) is 23.9. The molecular formula is C41H29NO. The van der Waals surface area contributed by atoms with Gasteiger partial charge in [-0.2, -0.15) is 0 Å². The highest BCUT2D eigenvalue weighted by Crippen LogP contribution is 2.58. The molecule has 0 spiro atoms. The third kappa shape index (κ3) is 3.47. The van der Waals surface area contributed by atoms with Crippen LogP contribution < -0.4 is 9.64 Å². The standard InChI is InChI=1S/C41H29NO/c1-41-25-10-9-20-36(41)43-40-35(26-30-13-6-8-18-33(30)39(40)41)42(31-15-3-2-4-16-31)34-19-11-14-28-23-24-29-22-21-27-12-5-7-17-32(27)37(29)38(28)34/h2-24,26H,25H2,1H3. The van der Waals surface area contributed by atoms with Gasteiger partial charge in [-0.1, -0.05) is 115 Å². The second-order valence-corrected chi connectivity index (χ2v) is 11.9. The summed E-state index contributed by atoms with van der Waals surface area (Å²) in [6, 6.07) is 46.2. The van der Waals surface area contributed by atoms with E-state index in [1.54, 1.807) is 0 Å². The van der Waals surface area contributed by atoms with Crippen LogP contribution in [0.15, 0.2) is 151 Å². The van der Waals surface area contributed by atoms with E-state index in [-0.39, 0.29) is 5.41 Å². The molecule has 1 atom stereocenters. The van der Waals surface area contributed by atoms with Crippen molar-refractivity contribution >= 4 is 60.2 Å². The largest absolute Gasteiger partial charge is 0.458 e. The Bertz CT molecular complexity index is 2310. The van der Waals surface area contributed by atoms with E-state index < -0.39 is 0 Å². The summed E-state index contributed by atoms with van der Waals surface area (Å²) in [4.78, 5) is 2.42. The van der Waals surface area contributed by atoms with Gasteiger partial charge >= 0.3 is 0 Å². The predicted molar refractivity (Wildman–Crippen MR) is 181 cm³/mol. The number of fused-ring (bicyclic) bond motifs is 10. The maximum absolute atomic E-state index is 6.92. The van der Waals surface area contributed by atoms with Gasteiger partial charge in [0, 0.05) is 16.6 Å². The lowest BCUT2D eigenvalue weighted by Gasteiger charge is -2.30. The highest BCUT2D eigenvalue weighted by atomic mass is 16.5. The van der Waals surface area contributed by atoms with Gasteiger partial charge < -0.3 is 9.64 Å². The van der Waals surface area contributed by atoms with E-state index in [1.807, 2.05) is 0 Å². The average Bonchev–Trinajstić information content (AvgIpc) is 3.38. The number of hydrogen-bond donors (Lipinski definition) is 0. The number of rotatable bonds is 3. The summed E-state index contributed by atoms with van der Waals surface area (Å²) in [7, 11) is 0. The first-order valence-corrected chi connectivity index (χ1v) is 15.0. The van der Waals surface area contributed by atoms with Crippen molar-refractivity contribution in [3.63, 3.8) is 0 Å². The van der Waals surface area contributed by atoms with Crippen LogP contribution in [0, 0.1) is 0 Å². The van der Waals surface area contributed by atoms with E-state index in [1.165, 1.54) is 48.7 Å². The number of nitrogens with zero attached hydrogens (tertiary/aromatic N) is 1. The molecule has 1 unspecified atom stereocenters. The molecule has 1 heterocycles. The van der Waals surface area contributed by atoms with Gasteiger partial charge in [-0.15, -0.1) is 0 Å². The van der Waals surface area contributed by atoms with E-state index in [0.717, 1.165) is 35.0 Å². The molecule has 0 amide bonds. The molecule has 0 saturated heterocycles. The topological polar surface area (TPSA) is 12.5 Å². The Labute approximate surface area is 250 Å². The fourth-order valence-electron chi connectivity index (χ4n) is 7.38. The summed E-state index contributed by atoms with van der Waals surface area (Å²) in [5.41, 5.74) is 4.34. The monoisotopic (exact) mass is 551 g/mol. The van der Waals surface area contributed by atoms with E-state index in [0.29, 0.717) is 0 Å². The molecule has 9 rings (SSSR count).